The Hall–Kier alpha value is -0.180. The molecule has 0 saturated carbocycles. The molecule has 0 bridgehead atoms. The molecule has 1 unspecified atom stereocenters. The zero-order valence-electron chi connectivity index (χ0n) is 10.7. The van der Waals surface area contributed by atoms with E-state index in [-0.39, 0.29) is 17.9 Å². The van der Waals surface area contributed by atoms with Crippen LogP contribution in [0.5, 0.6) is 0 Å². The Bertz CT molecular complexity index is 242. The average Bonchev–Trinajstić information content (AvgIpc) is 2.18. The van der Waals surface area contributed by atoms with Crippen molar-refractivity contribution in [2.24, 2.45) is 5.92 Å². The molecule has 0 spiro atoms. The molecular formula is C11H23O4P. The molecule has 0 heterocycles. The van der Waals surface area contributed by atoms with Gasteiger partial charge in [0.2, 0.25) is 0 Å². The summed E-state index contributed by atoms with van der Waals surface area (Å²) < 4.78 is 22.4. The van der Waals surface area contributed by atoms with Crippen molar-refractivity contribution >= 4 is 13.4 Å². The molecule has 1 atom stereocenters. The van der Waals surface area contributed by atoms with E-state index in [1.54, 1.807) is 20.8 Å². The van der Waals surface area contributed by atoms with Crippen molar-refractivity contribution < 1.29 is 18.4 Å². The average molecular weight is 250 g/mol. The molecule has 4 nitrogen and oxygen atoms in total. The number of hydrogen-bond donors (Lipinski definition) is 0. The molecule has 0 amide bonds. The molecule has 0 N–H and O–H groups in total. The van der Waals surface area contributed by atoms with Crippen molar-refractivity contribution in [1.29, 1.82) is 0 Å². The lowest BCUT2D eigenvalue weighted by atomic mass is 10.1. The van der Waals surface area contributed by atoms with Gasteiger partial charge < -0.3 is 9.05 Å². The zero-order chi connectivity index (χ0) is 12.6. The number of Topliss-reactive ketones (excluding diaryl/α,β-unsaturated/α-hetero) is 1. The van der Waals surface area contributed by atoms with Crippen molar-refractivity contribution in [2.45, 2.75) is 40.5 Å². The van der Waals surface area contributed by atoms with E-state index in [1.165, 1.54) is 0 Å². The summed E-state index contributed by atoms with van der Waals surface area (Å²) in [7, 11) is -3.07. The van der Waals surface area contributed by atoms with Gasteiger partial charge in [0, 0.05) is 12.3 Å². The maximum absolute atomic E-state index is 12.1. The predicted molar refractivity (Wildman–Crippen MR) is 64.8 cm³/mol. The van der Waals surface area contributed by atoms with E-state index in [0.29, 0.717) is 19.6 Å². The van der Waals surface area contributed by atoms with E-state index in [2.05, 4.69) is 0 Å². The molecular weight excluding hydrogens is 227 g/mol. The van der Waals surface area contributed by atoms with Gasteiger partial charge in [-0.2, -0.15) is 0 Å². The highest BCUT2D eigenvalue weighted by atomic mass is 31.2. The quantitative estimate of drug-likeness (QED) is 0.589. The third kappa shape index (κ3) is 5.78. The van der Waals surface area contributed by atoms with Crippen LogP contribution in [-0.2, 0) is 18.4 Å². The first-order valence-electron chi connectivity index (χ1n) is 5.89. The Morgan fingerprint density at radius 1 is 1.19 bits per heavy atom. The van der Waals surface area contributed by atoms with Gasteiger partial charge >= 0.3 is 7.60 Å². The number of rotatable bonds is 9. The van der Waals surface area contributed by atoms with Gasteiger partial charge in [0.15, 0.2) is 0 Å². The summed E-state index contributed by atoms with van der Waals surface area (Å²) in [6.07, 6.45) is 1.53. The first-order valence-corrected chi connectivity index (χ1v) is 7.62. The van der Waals surface area contributed by atoms with Crippen LogP contribution in [0.25, 0.3) is 0 Å². The maximum atomic E-state index is 12.1. The highest BCUT2D eigenvalue weighted by Gasteiger charge is 2.29. The third-order valence-corrected chi connectivity index (χ3v) is 4.49. The number of hydrogen-bond acceptors (Lipinski definition) is 4. The second-order valence-electron chi connectivity index (χ2n) is 3.75. The van der Waals surface area contributed by atoms with Crippen LogP contribution in [0, 0.1) is 5.92 Å². The minimum Gasteiger partial charge on any atom is -0.309 e. The van der Waals surface area contributed by atoms with Crippen LogP contribution < -0.4 is 0 Å². The normalized spacial score (nSPS) is 13.8. The second-order valence-corrected chi connectivity index (χ2v) is 5.85. The van der Waals surface area contributed by atoms with E-state index in [9.17, 15) is 9.36 Å². The molecule has 0 aromatic rings. The van der Waals surface area contributed by atoms with E-state index in [1.807, 2.05) is 6.92 Å². The summed E-state index contributed by atoms with van der Waals surface area (Å²) in [6.45, 7) is 7.95. The minimum atomic E-state index is -3.07. The smallest absolute Gasteiger partial charge is 0.309 e. The lowest BCUT2D eigenvalue weighted by molar-refractivity contribution is -0.121. The summed E-state index contributed by atoms with van der Waals surface area (Å²) in [4.78, 5) is 11.6. The van der Waals surface area contributed by atoms with Gasteiger partial charge in [-0.25, -0.2) is 0 Å². The van der Waals surface area contributed by atoms with Gasteiger partial charge in [0.25, 0.3) is 0 Å². The van der Waals surface area contributed by atoms with Gasteiger partial charge in [-0.15, -0.1) is 0 Å². The molecule has 5 heteroatoms. The lowest BCUT2D eigenvalue weighted by Crippen LogP contribution is -2.16. The van der Waals surface area contributed by atoms with Gasteiger partial charge in [-0.3, -0.25) is 9.36 Å². The molecule has 0 aromatic carbocycles. The first-order chi connectivity index (χ1) is 7.49. The fourth-order valence-corrected chi connectivity index (χ4v) is 3.41. The molecule has 0 aliphatic heterocycles. The standard InChI is InChI=1S/C11H23O4P/c1-5-8-11(12)10(4)9-16(13,14-6-2)15-7-3/h10H,5-9H2,1-4H3. The van der Waals surface area contributed by atoms with E-state index < -0.39 is 7.60 Å². The van der Waals surface area contributed by atoms with Crippen LogP contribution >= 0.6 is 7.60 Å². The van der Waals surface area contributed by atoms with Crippen LogP contribution in [0.2, 0.25) is 0 Å². The van der Waals surface area contributed by atoms with Crippen molar-refractivity contribution in [1.82, 2.24) is 0 Å². The summed E-state index contributed by atoms with van der Waals surface area (Å²) >= 11 is 0. The van der Waals surface area contributed by atoms with Crippen molar-refractivity contribution in [3.8, 4) is 0 Å². The number of ketones is 1. The highest BCUT2D eigenvalue weighted by molar-refractivity contribution is 7.53. The molecule has 0 aliphatic rings. The topological polar surface area (TPSA) is 52.6 Å². The zero-order valence-corrected chi connectivity index (χ0v) is 11.6. The molecule has 0 aliphatic carbocycles. The molecule has 0 fully saturated rings. The SMILES string of the molecule is CCCC(=O)C(C)CP(=O)(OCC)OCC. The lowest BCUT2D eigenvalue weighted by Gasteiger charge is -2.19. The summed E-state index contributed by atoms with van der Waals surface area (Å²) in [5.74, 6) is -0.133. The van der Waals surface area contributed by atoms with Crippen molar-refractivity contribution in [3.63, 3.8) is 0 Å². The van der Waals surface area contributed by atoms with Crippen LogP contribution in [-0.4, -0.2) is 25.2 Å². The Balaban J connectivity index is 4.38. The van der Waals surface area contributed by atoms with Gasteiger partial charge in [0.05, 0.1) is 19.4 Å². The molecule has 0 saturated heterocycles. The van der Waals surface area contributed by atoms with Crippen LogP contribution in [0.4, 0.5) is 0 Å². The van der Waals surface area contributed by atoms with Gasteiger partial charge in [0.1, 0.15) is 5.78 Å². The molecule has 0 rings (SSSR count). The fourth-order valence-electron chi connectivity index (χ4n) is 1.47. The largest absolute Gasteiger partial charge is 0.331 e. The highest BCUT2D eigenvalue weighted by Crippen LogP contribution is 2.49. The molecule has 96 valence electrons. The second kappa shape index (κ2) is 7.99. The van der Waals surface area contributed by atoms with Crippen LogP contribution in [0.1, 0.15) is 40.5 Å². The van der Waals surface area contributed by atoms with E-state index in [0.717, 1.165) is 6.42 Å². The third-order valence-electron chi connectivity index (χ3n) is 2.20. The Kier molecular flexibility index (Phi) is 7.90. The maximum Gasteiger partial charge on any atom is 0.331 e. The Labute approximate surface area is 98.2 Å². The van der Waals surface area contributed by atoms with Crippen molar-refractivity contribution in [3.05, 3.63) is 0 Å². The fraction of sp³-hybridized carbons (Fsp3) is 0.909. The van der Waals surface area contributed by atoms with E-state index >= 15 is 0 Å². The van der Waals surface area contributed by atoms with Crippen LogP contribution in [0.15, 0.2) is 0 Å². The number of carbonyl (C=O) groups is 1. The Morgan fingerprint density at radius 3 is 2.06 bits per heavy atom. The van der Waals surface area contributed by atoms with Gasteiger partial charge in [-0.05, 0) is 20.3 Å². The first kappa shape index (κ1) is 15.8. The monoisotopic (exact) mass is 250 g/mol. The minimum absolute atomic E-state index is 0.127. The summed E-state index contributed by atoms with van der Waals surface area (Å²) in [5, 5.41) is 0. The predicted octanol–water partition coefficient (Wildman–Crippen LogP) is 3.26. The summed E-state index contributed by atoms with van der Waals surface area (Å²) in [5.41, 5.74) is 0. The Morgan fingerprint density at radius 2 is 1.69 bits per heavy atom. The molecule has 0 aromatic heterocycles. The number of carbonyl (C=O) groups excluding carboxylic acids is 1. The molecule has 16 heavy (non-hydrogen) atoms. The van der Waals surface area contributed by atoms with Crippen molar-refractivity contribution in [2.75, 3.05) is 19.4 Å². The van der Waals surface area contributed by atoms with Gasteiger partial charge in [-0.1, -0.05) is 13.8 Å². The molecule has 0 radical (unpaired) electrons. The van der Waals surface area contributed by atoms with E-state index in [4.69, 9.17) is 9.05 Å². The summed E-state index contributed by atoms with van der Waals surface area (Å²) in [6, 6.07) is 0. The van der Waals surface area contributed by atoms with Crippen LogP contribution in [0.3, 0.4) is 0 Å².